The van der Waals surface area contributed by atoms with Crippen LogP contribution in [0.4, 0.5) is 0 Å². The van der Waals surface area contributed by atoms with Crippen molar-refractivity contribution in [3.63, 3.8) is 0 Å². The molecule has 0 aliphatic rings. The molecule has 0 unspecified atom stereocenters. The monoisotopic (exact) mass is 240 g/mol. The second kappa shape index (κ2) is 5.97. The number of hydrogen-bond donors (Lipinski definition) is 3. The van der Waals surface area contributed by atoms with Crippen molar-refractivity contribution in [2.75, 3.05) is 13.2 Å². The van der Waals surface area contributed by atoms with Gasteiger partial charge in [-0.05, 0) is 23.8 Å². The summed E-state index contributed by atoms with van der Waals surface area (Å²) >= 11 is 0. The maximum atomic E-state index is 11.4. The quantitative estimate of drug-likeness (QED) is 0.627. The van der Waals surface area contributed by atoms with Crippen LogP contribution in [0.15, 0.2) is 18.2 Å². The maximum absolute atomic E-state index is 11.4. The van der Waals surface area contributed by atoms with E-state index >= 15 is 0 Å². The number of aliphatic hydroxyl groups is 2. The van der Waals surface area contributed by atoms with Crippen molar-refractivity contribution in [1.29, 1.82) is 0 Å². The van der Waals surface area contributed by atoms with Gasteiger partial charge in [0.1, 0.15) is 6.61 Å². The highest BCUT2D eigenvalue weighted by molar-refractivity contribution is 5.93. The third kappa shape index (κ3) is 3.27. The van der Waals surface area contributed by atoms with E-state index in [2.05, 4.69) is 4.74 Å². The first-order valence-corrected chi connectivity index (χ1v) is 4.85. The molecule has 0 bridgehead atoms. The second-order valence-electron chi connectivity index (χ2n) is 3.19. The van der Waals surface area contributed by atoms with Crippen molar-refractivity contribution < 1.29 is 29.6 Å². The average molecular weight is 240 g/mol. The smallest absolute Gasteiger partial charge is 0.338 e. The summed E-state index contributed by atoms with van der Waals surface area (Å²) in [6.45, 7) is -0.900. The van der Waals surface area contributed by atoms with Crippen LogP contribution in [0.3, 0.4) is 0 Å². The fourth-order valence-corrected chi connectivity index (χ4v) is 1.28. The highest BCUT2D eigenvalue weighted by Gasteiger charge is 2.13. The van der Waals surface area contributed by atoms with Gasteiger partial charge in [-0.1, -0.05) is 0 Å². The van der Waals surface area contributed by atoms with Crippen molar-refractivity contribution >= 4 is 11.9 Å². The Labute approximate surface area is 97.1 Å². The molecule has 0 amide bonds. The number of carbonyl (C=O) groups excluding carboxylic acids is 1. The van der Waals surface area contributed by atoms with Gasteiger partial charge in [0.2, 0.25) is 0 Å². The molecule has 1 aromatic rings. The summed E-state index contributed by atoms with van der Waals surface area (Å²) in [5.41, 5.74) is 0.203. The third-order valence-electron chi connectivity index (χ3n) is 2.07. The topological polar surface area (TPSA) is 104 Å². The van der Waals surface area contributed by atoms with Crippen LogP contribution < -0.4 is 0 Å². The molecule has 0 saturated carbocycles. The zero-order chi connectivity index (χ0) is 12.8. The maximum Gasteiger partial charge on any atom is 0.338 e. The van der Waals surface area contributed by atoms with E-state index in [-0.39, 0.29) is 29.9 Å². The van der Waals surface area contributed by atoms with Crippen LogP contribution in [0.1, 0.15) is 26.3 Å². The number of aromatic carboxylic acids is 1. The molecule has 0 aliphatic carbocycles. The van der Waals surface area contributed by atoms with E-state index in [0.717, 1.165) is 0 Å². The fraction of sp³-hybridized carbons (Fsp3) is 0.273. The lowest BCUT2D eigenvalue weighted by atomic mass is 10.0. The van der Waals surface area contributed by atoms with Crippen molar-refractivity contribution in [2.45, 2.75) is 6.61 Å². The molecule has 3 N–H and O–H groups in total. The summed E-state index contributed by atoms with van der Waals surface area (Å²) in [5, 5.41) is 26.3. The van der Waals surface area contributed by atoms with Crippen LogP contribution in [-0.2, 0) is 11.3 Å². The predicted octanol–water partition coefficient (Wildman–Crippen LogP) is 0.0262. The molecule has 0 spiro atoms. The SMILES string of the molecule is O=C(OCCO)c1ccc(C(=O)O)c(CO)c1. The number of hydrogen-bond acceptors (Lipinski definition) is 5. The van der Waals surface area contributed by atoms with E-state index in [9.17, 15) is 9.59 Å². The predicted molar refractivity (Wildman–Crippen MR) is 56.7 cm³/mol. The lowest BCUT2D eigenvalue weighted by molar-refractivity contribution is 0.0433. The lowest BCUT2D eigenvalue weighted by Gasteiger charge is -2.06. The van der Waals surface area contributed by atoms with Crippen LogP contribution in [0.2, 0.25) is 0 Å². The summed E-state index contributed by atoms with van der Waals surface area (Å²) in [5.74, 6) is -1.85. The summed E-state index contributed by atoms with van der Waals surface area (Å²) in [4.78, 5) is 22.2. The van der Waals surface area contributed by atoms with E-state index < -0.39 is 18.5 Å². The van der Waals surface area contributed by atoms with Crippen LogP contribution in [0.5, 0.6) is 0 Å². The Hall–Kier alpha value is -1.92. The first-order chi connectivity index (χ1) is 8.10. The minimum atomic E-state index is -1.18. The minimum Gasteiger partial charge on any atom is -0.478 e. The molecule has 0 aromatic heterocycles. The van der Waals surface area contributed by atoms with Gasteiger partial charge in [-0.25, -0.2) is 9.59 Å². The van der Waals surface area contributed by atoms with E-state index in [1.165, 1.54) is 18.2 Å². The Balaban J connectivity index is 2.97. The number of benzene rings is 1. The largest absolute Gasteiger partial charge is 0.478 e. The number of carbonyl (C=O) groups is 2. The molecule has 6 heteroatoms. The first-order valence-electron chi connectivity index (χ1n) is 4.85. The molecule has 0 heterocycles. The van der Waals surface area contributed by atoms with Gasteiger partial charge in [0.05, 0.1) is 24.3 Å². The molecule has 1 aromatic carbocycles. The molecular formula is C11H12O6. The van der Waals surface area contributed by atoms with Crippen LogP contribution in [0, 0.1) is 0 Å². The zero-order valence-electron chi connectivity index (χ0n) is 8.92. The molecule has 0 atom stereocenters. The van der Waals surface area contributed by atoms with Gasteiger partial charge in [-0.15, -0.1) is 0 Å². The minimum absolute atomic E-state index is 0.0637. The summed E-state index contributed by atoms with van der Waals surface area (Å²) < 4.78 is 4.66. The number of esters is 1. The van der Waals surface area contributed by atoms with Crippen molar-refractivity contribution in [1.82, 2.24) is 0 Å². The third-order valence-corrected chi connectivity index (χ3v) is 2.07. The molecule has 0 saturated heterocycles. The molecule has 1 rings (SSSR count). The zero-order valence-corrected chi connectivity index (χ0v) is 8.92. The Kier molecular flexibility index (Phi) is 4.62. The van der Waals surface area contributed by atoms with Crippen molar-refractivity contribution in [3.8, 4) is 0 Å². The van der Waals surface area contributed by atoms with E-state index in [4.69, 9.17) is 15.3 Å². The van der Waals surface area contributed by atoms with Crippen LogP contribution in [0.25, 0.3) is 0 Å². The molecular weight excluding hydrogens is 228 g/mol. The molecule has 6 nitrogen and oxygen atoms in total. The van der Waals surface area contributed by atoms with Crippen molar-refractivity contribution in [2.24, 2.45) is 0 Å². The summed E-state index contributed by atoms with van der Waals surface area (Å²) in [6, 6.07) is 3.77. The van der Waals surface area contributed by atoms with Crippen molar-refractivity contribution in [3.05, 3.63) is 34.9 Å². The van der Waals surface area contributed by atoms with Gasteiger partial charge in [0, 0.05) is 0 Å². The summed E-state index contributed by atoms with van der Waals surface area (Å²) in [6.07, 6.45) is 0. The number of carboxylic acids is 1. The molecule has 17 heavy (non-hydrogen) atoms. The highest BCUT2D eigenvalue weighted by atomic mass is 16.5. The Morgan fingerprint density at radius 2 is 1.94 bits per heavy atom. The molecule has 0 fully saturated rings. The fourth-order valence-electron chi connectivity index (χ4n) is 1.28. The standard InChI is InChI=1S/C11H12O6/c12-3-4-17-11(16)7-1-2-9(10(14)15)8(5-7)6-13/h1-2,5,12-13H,3-4,6H2,(H,14,15). The second-order valence-corrected chi connectivity index (χ2v) is 3.19. The van der Waals surface area contributed by atoms with Gasteiger partial charge in [-0.3, -0.25) is 0 Å². The molecule has 92 valence electrons. The number of rotatable bonds is 5. The van der Waals surface area contributed by atoms with Gasteiger partial charge < -0.3 is 20.1 Å². The van der Waals surface area contributed by atoms with Gasteiger partial charge >= 0.3 is 11.9 Å². The lowest BCUT2D eigenvalue weighted by Crippen LogP contribution is -2.11. The van der Waals surface area contributed by atoms with E-state index in [1.54, 1.807) is 0 Å². The van der Waals surface area contributed by atoms with Crippen LogP contribution in [-0.4, -0.2) is 40.5 Å². The Bertz CT molecular complexity index is 426. The van der Waals surface area contributed by atoms with E-state index in [0.29, 0.717) is 0 Å². The number of carboxylic acid groups (broad SMARTS) is 1. The number of ether oxygens (including phenoxy) is 1. The molecule has 0 radical (unpaired) electrons. The van der Waals surface area contributed by atoms with E-state index in [1.807, 2.05) is 0 Å². The van der Waals surface area contributed by atoms with Gasteiger partial charge in [-0.2, -0.15) is 0 Å². The first kappa shape index (κ1) is 13.1. The summed E-state index contributed by atoms with van der Waals surface area (Å²) in [7, 11) is 0. The van der Waals surface area contributed by atoms with Crippen LogP contribution >= 0.6 is 0 Å². The normalized spacial score (nSPS) is 10.0. The number of aliphatic hydroxyl groups excluding tert-OH is 2. The highest BCUT2D eigenvalue weighted by Crippen LogP contribution is 2.13. The van der Waals surface area contributed by atoms with Gasteiger partial charge in [0.25, 0.3) is 0 Å². The molecule has 0 aliphatic heterocycles. The Morgan fingerprint density at radius 1 is 1.24 bits per heavy atom. The van der Waals surface area contributed by atoms with Gasteiger partial charge in [0.15, 0.2) is 0 Å². The average Bonchev–Trinajstić information content (AvgIpc) is 2.34. The Morgan fingerprint density at radius 3 is 2.47 bits per heavy atom.